The number of thiazole rings is 1. The molecule has 1 amide bonds. The lowest BCUT2D eigenvalue weighted by Crippen LogP contribution is -2.37. The van der Waals surface area contributed by atoms with Gasteiger partial charge in [0, 0.05) is 33.9 Å². The van der Waals surface area contributed by atoms with Gasteiger partial charge in [0.25, 0.3) is 5.91 Å². The maximum absolute atomic E-state index is 13.2. The van der Waals surface area contributed by atoms with Crippen molar-refractivity contribution in [3.05, 3.63) is 70.2 Å². The molecule has 3 rings (SSSR count). The quantitative estimate of drug-likeness (QED) is 0.587. The van der Waals surface area contributed by atoms with Gasteiger partial charge in [0.15, 0.2) is 0 Å². The van der Waals surface area contributed by atoms with Crippen LogP contribution in [0.15, 0.2) is 47.8 Å². The van der Waals surface area contributed by atoms with Gasteiger partial charge in [-0.1, -0.05) is 24.3 Å². The van der Waals surface area contributed by atoms with Crippen LogP contribution in [0.25, 0.3) is 10.6 Å². The minimum atomic E-state index is 0.0237. The molecule has 3 aromatic rings. The minimum absolute atomic E-state index is 0.0237. The van der Waals surface area contributed by atoms with Crippen molar-refractivity contribution in [1.82, 2.24) is 4.98 Å². The molecule has 1 heterocycles. The summed E-state index contributed by atoms with van der Waals surface area (Å²) in [6, 6.07) is 14.1. The monoisotopic (exact) mass is 364 g/mol. The van der Waals surface area contributed by atoms with Crippen LogP contribution in [0.3, 0.4) is 0 Å². The number of aromatic nitrogens is 1. The highest BCUT2D eigenvalue weighted by atomic mass is 32.1. The van der Waals surface area contributed by atoms with Gasteiger partial charge in [0.2, 0.25) is 0 Å². The zero-order valence-corrected chi connectivity index (χ0v) is 16.7. The van der Waals surface area contributed by atoms with E-state index in [1.54, 1.807) is 11.3 Å². The number of amides is 1. The third kappa shape index (κ3) is 3.70. The number of carbonyl (C=O) groups excluding carboxylic acids is 1. The Kier molecular flexibility index (Phi) is 5.23. The summed E-state index contributed by atoms with van der Waals surface area (Å²) >= 11 is 1.62. The second-order valence-corrected chi connectivity index (χ2v) is 7.79. The fourth-order valence-corrected chi connectivity index (χ4v) is 3.79. The molecule has 3 nitrogen and oxygen atoms in total. The first-order chi connectivity index (χ1) is 12.4. The van der Waals surface area contributed by atoms with Crippen LogP contribution in [-0.4, -0.2) is 16.9 Å². The van der Waals surface area contributed by atoms with Gasteiger partial charge in [-0.3, -0.25) is 4.79 Å². The third-order valence-electron chi connectivity index (χ3n) is 4.36. The predicted molar refractivity (Wildman–Crippen MR) is 110 cm³/mol. The topological polar surface area (TPSA) is 33.2 Å². The van der Waals surface area contributed by atoms with Crippen molar-refractivity contribution in [3.63, 3.8) is 0 Å². The van der Waals surface area contributed by atoms with E-state index in [2.05, 4.69) is 30.1 Å². The molecule has 0 atom stereocenters. The van der Waals surface area contributed by atoms with E-state index in [0.717, 1.165) is 33.1 Å². The molecule has 1 aromatic heterocycles. The fraction of sp³-hybridized carbons (Fsp3) is 0.273. The number of anilines is 1. The molecule has 0 saturated heterocycles. The normalized spacial score (nSPS) is 11.0. The molecule has 0 spiro atoms. The van der Waals surface area contributed by atoms with Gasteiger partial charge in [-0.2, -0.15) is 0 Å². The Morgan fingerprint density at radius 2 is 1.73 bits per heavy atom. The molecule has 0 bridgehead atoms. The van der Waals surface area contributed by atoms with Crippen LogP contribution in [0.1, 0.15) is 41.0 Å². The molecule has 0 unspecified atom stereocenters. The maximum Gasteiger partial charge on any atom is 0.258 e. The molecule has 0 saturated carbocycles. The number of nitrogens with zero attached hydrogens (tertiary/aromatic N) is 2. The van der Waals surface area contributed by atoms with E-state index in [1.165, 1.54) is 0 Å². The average Bonchev–Trinajstić information content (AvgIpc) is 3.04. The third-order valence-corrected chi connectivity index (χ3v) is 5.37. The van der Waals surface area contributed by atoms with Gasteiger partial charge in [-0.25, -0.2) is 4.98 Å². The molecule has 4 heteroatoms. The van der Waals surface area contributed by atoms with Crippen LogP contribution in [0, 0.1) is 20.8 Å². The minimum Gasteiger partial charge on any atom is -0.306 e. The highest BCUT2D eigenvalue weighted by Crippen LogP contribution is 2.27. The Morgan fingerprint density at radius 3 is 2.31 bits per heavy atom. The Bertz CT molecular complexity index is 926. The molecule has 26 heavy (non-hydrogen) atoms. The first-order valence-corrected chi connectivity index (χ1v) is 9.68. The van der Waals surface area contributed by atoms with Gasteiger partial charge in [-0.05, 0) is 63.9 Å². The Hall–Kier alpha value is -2.46. The van der Waals surface area contributed by atoms with Crippen LogP contribution >= 0.6 is 11.3 Å². The molecule has 0 N–H and O–H groups in total. The van der Waals surface area contributed by atoms with Crippen LogP contribution in [0.2, 0.25) is 0 Å². The molecule has 2 aromatic carbocycles. The standard InChI is InChI=1S/C22H24N2OS/c1-14(2)24(20-12-15(3)6-7-16(20)4)22(25)19-10-8-18(9-11-19)21-23-17(5)13-26-21/h6-14H,1-5H3. The van der Waals surface area contributed by atoms with E-state index in [1.807, 2.05) is 62.2 Å². The Labute approximate surface area is 159 Å². The van der Waals surface area contributed by atoms with Crippen molar-refractivity contribution >= 4 is 22.9 Å². The summed E-state index contributed by atoms with van der Waals surface area (Å²) in [4.78, 5) is 19.6. The van der Waals surface area contributed by atoms with E-state index >= 15 is 0 Å². The smallest absolute Gasteiger partial charge is 0.258 e. The molecular weight excluding hydrogens is 340 g/mol. The van der Waals surface area contributed by atoms with Crippen LogP contribution < -0.4 is 4.90 Å². The lowest BCUT2D eigenvalue weighted by Gasteiger charge is -2.29. The highest BCUT2D eigenvalue weighted by molar-refractivity contribution is 7.13. The second-order valence-electron chi connectivity index (χ2n) is 6.93. The summed E-state index contributed by atoms with van der Waals surface area (Å²) in [6.45, 7) is 10.2. The van der Waals surface area contributed by atoms with Gasteiger partial charge < -0.3 is 4.90 Å². The Balaban J connectivity index is 1.94. The summed E-state index contributed by atoms with van der Waals surface area (Å²) in [5.41, 5.74) is 5.99. The highest BCUT2D eigenvalue weighted by Gasteiger charge is 2.22. The summed E-state index contributed by atoms with van der Waals surface area (Å²) in [5, 5.41) is 3.02. The molecule has 0 aliphatic rings. The first-order valence-electron chi connectivity index (χ1n) is 8.80. The van der Waals surface area contributed by atoms with Crippen LogP contribution in [-0.2, 0) is 0 Å². The molecule has 0 radical (unpaired) electrons. The van der Waals surface area contributed by atoms with Crippen LogP contribution in [0.4, 0.5) is 5.69 Å². The van der Waals surface area contributed by atoms with Crippen molar-refractivity contribution < 1.29 is 4.79 Å². The zero-order chi connectivity index (χ0) is 18.8. The van der Waals surface area contributed by atoms with Crippen LogP contribution in [0.5, 0.6) is 0 Å². The number of carbonyl (C=O) groups is 1. The van der Waals surface area contributed by atoms with Gasteiger partial charge in [0.05, 0.1) is 0 Å². The maximum atomic E-state index is 13.2. The second kappa shape index (κ2) is 7.42. The number of benzene rings is 2. The van der Waals surface area contributed by atoms with Gasteiger partial charge in [0.1, 0.15) is 5.01 Å². The lowest BCUT2D eigenvalue weighted by molar-refractivity contribution is 0.0980. The Morgan fingerprint density at radius 1 is 1.04 bits per heavy atom. The average molecular weight is 365 g/mol. The summed E-state index contributed by atoms with van der Waals surface area (Å²) in [6.07, 6.45) is 0. The van der Waals surface area contributed by atoms with Crippen molar-refractivity contribution in [1.29, 1.82) is 0 Å². The lowest BCUT2D eigenvalue weighted by atomic mass is 10.1. The van der Waals surface area contributed by atoms with E-state index < -0.39 is 0 Å². The van der Waals surface area contributed by atoms with Crippen molar-refractivity contribution in [2.24, 2.45) is 0 Å². The van der Waals surface area contributed by atoms with E-state index in [0.29, 0.717) is 5.56 Å². The van der Waals surface area contributed by atoms with E-state index in [4.69, 9.17) is 0 Å². The van der Waals surface area contributed by atoms with Crippen molar-refractivity contribution in [2.45, 2.75) is 40.7 Å². The number of hydrogen-bond acceptors (Lipinski definition) is 3. The van der Waals surface area contributed by atoms with Crippen molar-refractivity contribution in [3.8, 4) is 10.6 Å². The largest absolute Gasteiger partial charge is 0.306 e. The summed E-state index contributed by atoms with van der Waals surface area (Å²) in [5.74, 6) is 0.0237. The number of aryl methyl sites for hydroxylation is 3. The van der Waals surface area contributed by atoms with E-state index in [9.17, 15) is 4.79 Å². The van der Waals surface area contributed by atoms with Gasteiger partial charge in [-0.15, -0.1) is 11.3 Å². The number of rotatable bonds is 4. The van der Waals surface area contributed by atoms with E-state index in [-0.39, 0.29) is 11.9 Å². The number of hydrogen-bond donors (Lipinski definition) is 0. The van der Waals surface area contributed by atoms with Crippen molar-refractivity contribution in [2.75, 3.05) is 4.90 Å². The van der Waals surface area contributed by atoms with Gasteiger partial charge >= 0.3 is 0 Å². The fourth-order valence-electron chi connectivity index (χ4n) is 2.98. The first kappa shape index (κ1) is 18.3. The SMILES string of the molecule is Cc1ccc(C)c(N(C(=O)c2ccc(-c3nc(C)cs3)cc2)C(C)C)c1. The summed E-state index contributed by atoms with van der Waals surface area (Å²) < 4.78 is 0. The zero-order valence-electron chi connectivity index (χ0n) is 15.9. The summed E-state index contributed by atoms with van der Waals surface area (Å²) in [7, 11) is 0. The molecule has 0 aliphatic carbocycles. The predicted octanol–water partition coefficient (Wildman–Crippen LogP) is 5.79. The molecule has 0 aliphatic heterocycles. The molecule has 0 fully saturated rings. The molecular formula is C22H24N2OS. The molecule has 134 valence electrons.